The molecule has 5 nitrogen and oxygen atoms in total. The van der Waals surface area contributed by atoms with Gasteiger partial charge in [0.15, 0.2) is 0 Å². The van der Waals surface area contributed by atoms with Gasteiger partial charge in [-0.15, -0.1) is 0 Å². The molecule has 2 aliphatic rings. The summed E-state index contributed by atoms with van der Waals surface area (Å²) in [7, 11) is 0. The summed E-state index contributed by atoms with van der Waals surface area (Å²) in [4.78, 5) is 12.1. The van der Waals surface area contributed by atoms with Gasteiger partial charge < -0.3 is 19.3 Å². The number of aliphatic hydroxyl groups excluding tert-OH is 1. The van der Waals surface area contributed by atoms with Gasteiger partial charge >= 0.3 is 5.97 Å². The van der Waals surface area contributed by atoms with Gasteiger partial charge in [-0.3, -0.25) is 0 Å². The van der Waals surface area contributed by atoms with E-state index < -0.39 is 12.1 Å². The standard InChI is InChI=1S/C30H44O5/c1-5-6-17-29(32)35-26(14-8-15-27-22-24(2)18-21-34-27)13-7-11-25(31)12-9-19-30(3,4)23-28-16-10-20-33-28/h1,6-8,10-11,15-18,25-28,31H,5,9,12-14,19-23H2,2-4H3/b11-7+,15-8+,17-6-/t25-,26+,27-,28+/m1/s1. The number of rotatable bonds is 15. The van der Waals surface area contributed by atoms with Crippen molar-refractivity contribution >= 4 is 5.97 Å². The van der Waals surface area contributed by atoms with E-state index in [2.05, 4.69) is 39.0 Å². The van der Waals surface area contributed by atoms with E-state index in [1.165, 1.54) is 11.6 Å². The van der Waals surface area contributed by atoms with Crippen LogP contribution in [0.5, 0.6) is 0 Å². The normalized spacial score (nSPS) is 22.8. The Kier molecular flexibility index (Phi) is 13.3. The van der Waals surface area contributed by atoms with Gasteiger partial charge in [-0.1, -0.05) is 74.4 Å². The first kappa shape index (κ1) is 29.3. The SMILES string of the molecule is [CH]C/C=C\C(=O)O[C@@H](C/C=C/[C@@H](O)CCCC(C)(C)C[C@@H]1C=CCO1)C/C=C/[C@@H]1CC(C)=CCO1. The van der Waals surface area contributed by atoms with Crippen LogP contribution < -0.4 is 0 Å². The van der Waals surface area contributed by atoms with E-state index in [0.29, 0.717) is 38.9 Å². The van der Waals surface area contributed by atoms with Crippen molar-refractivity contribution in [3.63, 3.8) is 0 Å². The molecule has 0 aromatic rings. The van der Waals surface area contributed by atoms with E-state index in [9.17, 15) is 9.90 Å². The molecule has 2 radical (unpaired) electrons. The van der Waals surface area contributed by atoms with Crippen LogP contribution in [0.2, 0.25) is 0 Å². The van der Waals surface area contributed by atoms with Crippen molar-refractivity contribution in [2.45, 2.75) is 96.6 Å². The number of hydrogen-bond acceptors (Lipinski definition) is 5. The van der Waals surface area contributed by atoms with Crippen molar-refractivity contribution in [3.05, 3.63) is 67.2 Å². The molecule has 0 saturated heterocycles. The zero-order chi connectivity index (χ0) is 25.5. The van der Waals surface area contributed by atoms with Crippen molar-refractivity contribution in [1.29, 1.82) is 0 Å². The number of esters is 1. The summed E-state index contributed by atoms with van der Waals surface area (Å²) in [5, 5.41) is 10.4. The largest absolute Gasteiger partial charge is 0.459 e. The first-order valence-electron chi connectivity index (χ1n) is 12.9. The lowest BCUT2D eigenvalue weighted by Gasteiger charge is -2.27. The second-order valence-corrected chi connectivity index (χ2v) is 10.3. The molecule has 4 atom stereocenters. The van der Waals surface area contributed by atoms with Gasteiger partial charge in [0.25, 0.3) is 0 Å². The van der Waals surface area contributed by atoms with Crippen LogP contribution in [0.3, 0.4) is 0 Å². The molecule has 0 spiro atoms. The van der Waals surface area contributed by atoms with Crippen LogP contribution in [-0.4, -0.2) is 48.7 Å². The third-order valence-corrected chi connectivity index (χ3v) is 6.31. The van der Waals surface area contributed by atoms with Gasteiger partial charge in [0.1, 0.15) is 6.10 Å². The molecule has 0 amide bonds. The monoisotopic (exact) mass is 484 g/mol. The molecule has 0 fully saturated rings. The predicted octanol–water partition coefficient (Wildman–Crippen LogP) is 6.09. The highest BCUT2D eigenvalue weighted by atomic mass is 16.5. The predicted molar refractivity (Wildman–Crippen MR) is 141 cm³/mol. The number of hydrogen-bond donors (Lipinski definition) is 1. The van der Waals surface area contributed by atoms with Gasteiger partial charge in [0.2, 0.25) is 0 Å². The number of ether oxygens (including phenoxy) is 3. The molecule has 0 unspecified atom stereocenters. The summed E-state index contributed by atoms with van der Waals surface area (Å²) in [5.41, 5.74) is 1.49. The van der Waals surface area contributed by atoms with Crippen molar-refractivity contribution in [2.24, 2.45) is 5.41 Å². The van der Waals surface area contributed by atoms with Crippen LogP contribution >= 0.6 is 0 Å². The van der Waals surface area contributed by atoms with Crippen molar-refractivity contribution in [3.8, 4) is 0 Å². The van der Waals surface area contributed by atoms with E-state index in [4.69, 9.17) is 21.1 Å². The molecule has 35 heavy (non-hydrogen) atoms. The Balaban J connectivity index is 1.78. The van der Waals surface area contributed by atoms with E-state index in [1.807, 2.05) is 24.3 Å². The fourth-order valence-electron chi connectivity index (χ4n) is 4.33. The zero-order valence-corrected chi connectivity index (χ0v) is 21.7. The summed E-state index contributed by atoms with van der Waals surface area (Å²) >= 11 is 0. The van der Waals surface area contributed by atoms with Crippen LogP contribution in [0.4, 0.5) is 0 Å². The third kappa shape index (κ3) is 13.1. The number of allylic oxidation sites excluding steroid dienone is 1. The Hall–Kier alpha value is -1.95. The highest BCUT2D eigenvalue weighted by Crippen LogP contribution is 2.31. The van der Waals surface area contributed by atoms with Crippen LogP contribution in [0.15, 0.2) is 60.3 Å². The smallest absolute Gasteiger partial charge is 0.330 e. The van der Waals surface area contributed by atoms with Crippen LogP contribution in [0.1, 0.15) is 72.1 Å². The van der Waals surface area contributed by atoms with Crippen LogP contribution in [-0.2, 0) is 19.0 Å². The Bertz CT molecular complexity index is 774. The number of carbonyl (C=O) groups excluding carboxylic acids is 1. The maximum atomic E-state index is 12.1. The molecule has 2 heterocycles. The van der Waals surface area contributed by atoms with E-state index >= 15 is 0 Å². The fraction of sp³-hybridized carbons (Fsp3) is 0.600. The highest BCUT2D eigenvalue weighted by molar-refractivity contribution is 5.82. The second kappa shape index (κ2) is 15.9. The molecule has 1 N–H and O–H groups in total. The maximum Gasteiger partial charge on any atom is 0.330 e. The van der Waals surface area contributed by atoms with Gasteiger partial charge in [0, 0.05) is 18.9 Å². The minimum atomic E-state index is -0.511. The summed E-state index contributed by atoms with van der Waals surface area (Å²) in [5.74, 6) is -0.404. The van der Waals surface area contributed by atoms with Crippen LogP contribution in [0, 0.1) is 12.3 Å². The second-order valence-electron chi connectivity index (χ2n) is 10.3. The highest BCUT2D eigenvalue weighted by Gasteiger charge is 2.24. The first-order chi connectivity index (χ1) is 16.8. The fourth-order valence-corrected chi connectivity index (χ4v) is 4.33. The lowest BCUT2D eigenvalue weighted by atomic mass is 9.81. The average Bonchev–Trinajstić information content (AvgIpc) is 3.29. The summed E-state index contributed by atoms with van der Waals surface area (Å²) in [6, 6.07) is 0. The number of carbonyl (C=O) groups is 1. The van der Waals surface area contributed by atoms with Crippen LogP contribution in [0.25, 0.3) is 0 Å². The lowest BCUT2D eigenvalue weighted by Crippen LogP contribution is -2.20. The zero-order valence-electron chi connectivity index (χ0n) is 21.7. The van der Waals surface area contributed by atoms with Gasteiger partial charge in [-0.2, -0.15) is 0 Å². The quantitative estimate of drug-likeness (QED) is 0.173. The molecule has 0 aliphatic carbocycles. The minimum absolute atomic E-state index is 0.0614. The minimum Gasteiger partial charge on any atom is -0.459 e. The van der Waals surface area contributed by atoms with E-state index in [-0.39, 0.29) is 23.7 Å². The topological polar surface area (TPSA) is 65.0 Å². The molecular weight excluding hydrogens is 440 g/mol. The average molecular weight is 485 g/mol. The number of aliphatic hydroxyl groups is 1. The maximum absolute atomic E-state index is 12.1. The molecule has 2 aliphatic heterocycles. The van der Waals surface area contributed by atoms with Crippen molar-refractivity contribution in [2.75, 3.05) is 13.2 Å². The Morgan fingerprint density at radius 2 is 2.06 bits per heavy atom. The summed E-state index contributed by atoms with van der Waals surface area (Å²) in [6.07, 6.45) is 22.4. The van der Waals surface area contributed by atoms with Crippen molar-refractivity contribution < 1.29 is 24.1 Å². The van der Waals surface area contributed by atoms with Gasteiger partial charge in [-0.05, 0) is 51.4 Å². The molecule has 0 bridgehead atoms. The lowest BCUT2D eigenvalue weighted by molar-refractivity contribution is -0.142. The molecular formula is C30H44O5. The Morgan fingerprint density at radius 3 is 2.77 bits per heavy atom. The molecule has 5 heteroatoms. The third-order valence-electron chi connectivity index (χ3n) is 6.31. The molecule has 0 aromatic carbocycles. The summed E-state index contributed by atoms with van der Waals surface area (Å²) < 4.78 is 17.0. The summed E-state index contributed by atoms with van der Waals surface area (Å²) in [6.45, 7) is 13.4. The Labute approximate surface area is 212 Å². The van der Waals surface area contributed by atoms with E-state index in [0.717, 1.165) is 25.7 Å². The molecule has 2 rings (SSSR count). The van der Waals surface area contributed by atoms with Crippen molar-refractivity contribution in [1.82, 2.24) is 0 Å². The van der Waals surface area contributed by atoms with Gasteiger partial charge in [-0.25, -0.2) is 4.79 Å². The molecule has 0 saturated carbocycles. The Morgan fingerprint density at radius 1 is 1.26 bits per heavy atom. The van der Waals surface area contributed by atoms with Gasteiger partial charge in [0.05, 0.1) is 31.5 Å². The van der Waals surface area contributed by atoms with E-state index in [1.54, 1.807) is 6.08 Å². The molecule has 0 aromatic heterocycles. The first-order valence-corrected chi connectivity index (χ1v) is 12.9. The molecule has 194 valence electrons.